The summed E-state index contributed by atoms with van der Waals surface area (Å²) in [6.07, 6.45) is 13.2. The van der Waals surface area contributed by atoms with Crippen LogP contribution in [0.15, 0.2) is 24.3 Å². The Morgan fingerprint density at radius 3 is 2.61 bits per heavy atom. The van der Waals surface area contributed by atoms with Gasteiger partial charge in [0.05, 0.1) is 6.10 Å². The average molecular weight is 244 g/mol. The molecule has 1 atom stereocenters. The van der Waals surface area contributed by atoms with Crippen LogP contribution >= 0.6 is 0 Å². The van der Waals surface area contributed by atoms with Gasteiger partial charge in [0.15, 0.2) is 0 Å². The summed E-state index contributed by atoms with van der Waals surface area (Å²) in [4.78, 5) is 0. The zero-order chi connectivity index (χ0) is 13.5. The Hall–Kier alpha value is -1.44. The predicted octanol–water partition coefficient (Wildman–Crippen LogP) is 3.85. The topological polar surface area (TPSA) is 20.2 Å². The molecule has 0 bridgehead atoms. The zero-order valence-electron chi connectivity index (χ0n) is 11.6. The lowest BCUT2D eigenvalue weighted by Crippen LogP contribution is -2.00. The molecular weight excluding hydrogens is 220 g/mol. The summed E-state index contributed by atoms with van der Waals surface area (Å²) in [5, 5.41) is 9.60. The van der Waals surface area contributed by atoms with Crippen molar-refractivity contribution in [2.75, 3.05) is 0 Å². The zero-order valence-corrected chi connectivity index (χ0v) is 11.6. The van der Waals surface area contributed by atoms with Crippen molar-refractivity contribution in [2.45, 2.75) is 58.5 Å². The van der Waals surface area contributed by atoms with Crippen LogP contribution in [0.25, 0.3) is 0 Å². The summed E-state index contributed by atoms with van der Waals surface area (Å²) in [6, 6.07) is 0. The van der Waals surface area contributed by atoms with Gasteiger partial charge in [-0.3, -0.25) is 0 Å². The van der Waals surface area contributed by atoms with E-state index in [0.29, 0.717) is 0 Å². The summed E-state index contributed by atoms with van der Waals surface area (Å²) in [7, 11) is 0. The fraction of sp³-hybridized carbons (Fsp3) is 0.529. The molecule has 18 heavy (non-hydrogen) atoms. The van der Waals surface area contributed by atoms with E-state index in [4.69, 9.17) is 0 Å². The van der Waals surface area contributed by atoms with Crippen LogP contribution in [-0.2, 0) is 0 Å². The minimum Gasteiger partial charge on any atom is -0.389 e. The van der Waals surface area contributed by atoms with Crippen LogP contribution in [0.1, 0.15) is 52.4 Å². The van der Waals surface area contributed by atoms with Gasteiger partial charge in [0.2, 0.25) is 0 Å². The molecule has 0 aliphatic rings. The fourth-order valence-corrected chi connectivity index (χ4v) is 1.31. The molecule has 0 unspecified atom stereocenters. The van der Waals surface area contributed by atoms with Crippen LogP contribution in [0, 0.1) is 23.7 Å². The van der Waals surface area contributed by atoms with Crippen molar-refractivity contribution in [3.63, 3.8) is 0 Å². The monoisotopic (exact) mass is 244 g/mol. The molecule has 98 valence electrons. The first kappa shape index (κ1) is 16.6. The SMILES string of the molecule is CCCC#CC#C/C=C/C=C/[C@@H](O)CCCCC. The Labute approximate surface area is 112 Å². The van der Waals surface area contributed by atoms with E-state index >= 15 is 0 Å². The van der Waals surface area contributed by atoms with Crippen molar-refractivity contribution < 1.29 is 5.11 Å². The number of aliphatic hydroxyl groups is 1. The van der Waals surface area contributed by atoms with Crippen LogP contribution < -0.4 is 0 Å². The maximum atomic E-state index is 9.60. The Morgan fingerprint density at radius 1 is 1.06 bits per heavy atom. The van der Waals surface area contributed by atoms with E-state index in [1.807, 2.05) is 12.2 Å². The molecule has 0 saturated heterocycles. The highest BCUT2D eigenvalue weighted by atomic mass is 16.3. The van der Waals surface area contributed by atoms with E-state index in [0.717, 1.165) is 25.7 Å². The first-order valence-electron chi connectivity index (χ1n) is 6.81. The maximum Gasteiger partial charge on any atom is 0.0723 e. The second-order valence-electron chi connectivity index (χ2n) is 4.13. The summed E-state index contributed by atoms with van der Waals surface area (Å²) in [6.45, 7) is 4.26. The lowest BCUT2D eigenvalue weighted by Gasteiger charge is -2.02. The van der Waals surface area contributed by atoms with Crippen molar-refractivity contribution in [3.05, 3.63) is 24.3 Å². The van der Waals surface area contributed by atoms with Gasteiger partial charge in [-0.05, 0) is 30.8 Å². The number of aliphatic hydroxyl groups excluding tert-OH is 1. The molecule has 0 amide bonds. The summed E-state index contributed by atoms with van der Waals surface area (Å²) < 4.78 is 0. The molecule has 1 heteroatoms. The average Bonchev–Trinajstić information content (AvgIpc) is 2.37. The molecule has 0 aromatic heterocycles. The summed E-state index contributed by atoms with van der Waals surface area (Å²) >= 11 is 0. The second-order valence-corrected chi connectivity index (χ2v) is 4.13. The van der Waals surface area contributed by atoms with Crippen molar-refractivity contribution >= 4 is 0 Å². The molecule has 0 aromatic rings. The first-order valence-corrected chi connectivity index (χ1v) is 6.81. The third-order valence-electron chi connectivity index (χ3n) is 2.33. The van der Waals surface area contributed by atoms with Gasteiger partial charge < -0.3 is 5.11 Å². The van der Waals surface area contributed by atoms with Crippen LogP contribution in [0.4, 0.5) is 0 Å². The highest BCUT2D eigenvalue weighted by molar-refractivity contribution is 5.31. The molecule has 0 spiro atoms. The Kier molecular flexibility index (Phi) is 12.5. The number of unbranched alkanes of at least 4 members (excludes halogenated alkanes) is 3. The summed E-state index contributed by atoms with van der Waals surface area (Å²) in [5.41, 5.74) is 0. The van der Waals surface area contributed by atoms with Crippen molar-refractivity contribution in [2.24, 2.45) is 0 Å². The Morgan fingerprint density at radius 2 is 1.89 bits per heavy atom. The molecule has 1 nitrogen and oxygen atoms in total. The van der Waals surface area contributed by atoms with Crippen molar-refractivity contribution in [3.8, 4) is 23.7 Å². The van der Waals surface area contributed by atoms with Gasteiger partial charge in [0.25, 0.3) is 0 Å². The second kappa shape index (κ2) is 13.6. The van der Waals surface area contributed by atoms with Crippen LogP contribution in [-0.4, -0.2) is 11.2 Å². The Balaban J connectivity index is 3.77. The molecule has 0 aliphatic heterocycles. The Bertz CT molecular complexity index is 355. The van der Waals surface area contributed by atoms with E-state index in [1.54, 1.807) is 12.2 Å². The van der Waals surface area contributed by atoms with Crippen LogP contribution in [0.5, 0.6) is 0 Å². The quantitative estimate of drug-likeness (QED) is 0.410. The highest BCUT2D eigenvalue weighted by Gasteiger charge is 1.96. The van der Waals surface area contributed by atoms with E-state index in [2.05, 4.69) is 37.5 Å². The van der Waals surface area contributed by atoms with Gasteiger partial charge in [0, 0.05) is 6.42 Å². The lowest BCUT2D eigenvalue weighted by atomic mass is 10.1. The first-order chi connectivity index (χ1) is 8.81. The minimum atomic E-state index is -0.335. The molecule has 0 rings (SSSR count). The van der Waals surface area contributed by atoms with Crippen LogP contribution in [0.2, 0.25) is 0 Å². The summed E-state index contributed by atoms with van der Waals surface area (Å²) in [5.74, 6) is 11.3. The van der Waals surface area contributed by atoms with Gasteiger partial charge in [-0.15, -0.1) is 0 Å². The molecule has 0 saturated carbocycles. The lowest BCUT2D eigenvalue weighted by molar-refractivity contribution is 0.208. The smallest absolute Gasteiger partial charge is 0.0723 e. The normalized spacial score (nSPS) is 11.9. The molecule has 0 fully saturated rings. The number of rotatable bonds is 7. The molecule has 1 N–H and O–H groups in total. The highest BCUT2D eigenvalue weighted by Crippen LogP contribution is 2.03. The maximum absolute atomic E-state index is 9.60. The van der Waals surface area contributed by atoms with Crippen LogP contribution in [0.3, 0.4) is 0 Å². The molecule has 0 aliphatic carbocycles. The van der Waals surface area contributed by atoms with E-state index < -0.39 is 0 Å². The fourth-order valence-electron chi connectivity index (χ4n) is 1.31. The number of hydrogen-bond donors (Lipinski definition) is 1. The minimum absolute atomic E-state index is 0.335. The van der Waals surface area contributed by atoms with Gasteiger partial charge in [-0.2, -0.15) is 0 Å². The van der Waals surface area contributed by atoms with Crippen molar-refractivity contribution in [1.82, 2.24) is 0 Å². The number of hydrogen-bond acceptors (Lipinski definition) is 1. The molecule has 0 aromatic carbocycles. The van der Waals surface area contributed by atoms with Gasteiger partial charge in [-0.25, -0.2) is 0 Å². The van der Waals surface area contributed by atoms with Crippen molar-refractivity contribution in [1.29, 1.82) is 0 Å². The third-order valence-corrected chi connectivity index (χ3v) is 2.33. The van der Waals surface area contributed by atoms with Gasteiger partial charge in [0.1, 0.15) is 0 Å². The van der Waals surface area contributed by atoms with E-state index in [9.17, 15) is 5.11 Å². The molecule has 0 heterocycles. The standard InChI is InChI=1S/C17H24O/c1-3-5-7-8-9-10-11-12-14-16-17(18)15-13-6-4-2/h11-12,14,16-18H,3-6,13,15H2,1-2H3/b12-11+,16-14+/t17-/m0/s1. The van der Waals surface area contributed by atoms with Gasteiger partial charge >= 0.3 is 0 Å². The number of allylic oxidation sites excluding steroid dienone is 3. The third kappa shape index (κ3) is 12.6. The van der Waals surface area contributed by atoms with Gasteiger partial charge in [-0.1, -0.05) is 63.2 Å². The molecule has 0 radical (unpaired) electrons. The molecular formula is C17H24O. The van der Waals surface area contributed by atoms with E-state index in [1.165, 1.54) is 12.8 Å². The predicted molar refractivity (Wildman–Crippen MR) is 78.9 cm³/mol. The largest absolute Gasteiger partial charge is 0.389 e. The van der Waals surface area contributed by atoms with E-state index in [-0.39, 0.29) is 6.10 Å².